The van der Waals surface area contributed by atoms with Crippen LogP contribution in [0.1, 0.15) is 165 Å². The van der Waals surface area contributed by atoms with Crippen LogP contribution in [0.5, 0.6) is 0 Å². The third-order valence-electron chi connectivity index (χ3n) is 16.0. The van der Waals surface area contributed by atoms with Gasteiger partial charge in [0.1, 0.15) is 16.5 Å². The smallest absolute Gasteiger partial charge is 0.306 e. The van der Waals surface area contributed by atoms with Gasteiger partial charge < -0.3 is 45.9 Å². The van der Waals surface area contributed by atoms with Crippen LogP contribution in [-0.4, -0.2) is 173 Å². The van der Waals surface area contributed by atoms with Gasteiger partial charge >= 0.3 is 11.9 Å². The summed E-state index contributed by atoms with van der Waals surface area (Å²) in [6, 6.07) is 4.17. The van der Waals surface area contributed by atoms with Crippen molar-refractivity contribution in [3.8, 4) is 0 Å². The molecule has 2 aromatic rings. The number of hydrogen-bond donors (Lipinski definition) is 6. The van der Waals surface area contributed by atoms with Gasteiger partial charge in [0.15, 0.2) is 11.9 Å². The average molecular weight is 1220 g/mol. The Kier molecular flexibility index (Phi) is 31.1. The van der Waals surface area contributed by atoms with Crippen molar-refractivity contribution in [1.82, 2.24) is 35.6 Å². The number of thiazole rings is 1. The fraction of sp³-hybridized carbons (Fsp3) is 0.645. The summed E-state index contributed by atoms with van der Waals surface area (Å²) >= 11 is 1.11. The Labute approximate surface area is 510 Å². The van der Waals surface area contributed by atoms with E-state index in [4.69, 9.17) is 14.6 Å². The highest BCUT2D eigenvalue weighted by molar-refractivity contribution is 7.09. The molecular formula is C62H94N8O15S. The number of anilines is 1. The lowest BCUT2D eigenvalue weighted by Gasteiger charge is -2.38. The number of aliphatic carboxylic acids is 1. The van der Waals surface area contributed by atoms with Crippen LogP contribution in [-0.2, 0) is 63.8 Å². The van der Waals surface area contributed by atoms with Crippen LogP contribution in [0.25, 0.3) is 0 Å². The van der Waals surface area contributed by atoms with Gasteiger partial charge in [-0.05, 0) is 96.0 Å². The molecule has 1 aromatic heterocycles. The second-order valence-electron chi connectivity index (χ2n) is 23.5. The molecule has 23 nitrogen and oxygen atoms in total. The number of hydrogen-bond acceptors (Lipinski definition) is 17. The Morgan fingerprint density at radius 2 is 1.52 bits per heavy atom. The maximum Gasteiger partial charge on any atom is 0.306 e. The number of likely N-dealkylation sites (N-methyl/N-ethyl adjacent to an activating group) is 1. The van der Waals surface area contributed by atoms with Gasteiger partial charge in [0.2, 0.25) is 23.6 Å². The van der Waals surface area contributed by atoms with Crippen molar-refractivity contribution < 1.29 is 72.4 Å². The number of carboxylic acids is 1. The number of esters is 1. The lowest BCUT2D eigenvalue weighted by Crippen LogP contribution is -2.50. The van der Waals surface area contributed by atoms with E-state index in [1.807, 2.05) is 66.6 Å². The van der Waals surface area contributed by atoms with Gasteiger partial charge in [-0.1, -0.05) is 59.6 Å². The minimum absolute atomic E-state index is 0.0105. The van der Waals surface area contributed by atoms with Gasteiger partial charge in [0.05, 0.1) is 31.3 Å². The summed E-state index contributed by atoms with van der Waals surface area (Å²) in [5.41, 5.74) is 1.11. The van der Waals surface area contributed by atoms with E-state index in [1.54, 1.807) is 31.0 Å². The summed E-state index contributed by atoms with van der Waals surface area (Å²) in [4.78, 5) is 152. The van der Waals surface area contributed by atoms with Crippen molar-refractivity contribution >= 4 is 81.9 Å². The molecule has 478 valence electrons. The number of benzene rings is 1. The van der Waals surface area contributed by atoms with Gasteiger partial charge in [0.25, 0.3) is 17.7 Å². The third-order valence-corrected chi connectivity index (χ3v) is 16.9. The zero-order chi connectivity index (χ0) is 64.4. The molecule has 1 aliphatic rings. The van der Waals surface area contributed by atoms with Crippen molar-refractivity contribution in [2.24, 2.45) is 29.6 Å². The molecule has 6 N–H and O–H groups in total. The van der Waals surface area contributed by atoms with Crippen molar-refractivity contribution in [3.05, 3.63) is 57.6 Å². The van der Waals surface area contributed by atoms with Crippen LogP contribution in [0.15, 0.2) is 35.7 Å². The molecule has 3 unspecified atom stereocenters. The molecule has 0 fully saturated rings. The molecule has 1 aliphatic heterocycles. The molecule has 0 bridgehead atoms. The largest absolute Gasteiger partial charge is 0.481 e. The first-order chi connectivity index (χ1) is 40.5. The van der Waals surface area contributed by atoms with E-state index in [0.29, 0.717) is 48.5 Å². The number of carboxylic acid groups (broad SMARTS) is 1. The number of amides is 7. The lowest BCUT2D eigenvalue weighted by molar-refractivity contribution is -0.150. The maximum absolute atomic E-state index is 14.4. The van der Waals surface area contributed by atoms with Gasteiger partial charge in [0, 0.05) is 119 Å². The molecule has 0 saturated carbocycles. The number of aliphatic hydroxyl groups is 1. The first-order valence-electron chi connectivity index (χ1n) is 29.8. The molecule has 7 amide bonds. The lowest BCUT2D eigenvalue weighted by atomic mass is 9.81. The normalized spacial score (nSPS) is 14.9. The van der Waals surface area contributed by atoms with E-state index in [1.165, 1.54) is 19.2 Å². The monoisotopic (exact) mass is 1220 g/mol. The van der Waals surface area contributed by atoms with Crippen LogP contribution in [0.4, 0.5) is 5.69 Å². The predicted molar refractivity (Wildman–Crippen MR) is 324 cm³/mol. The highest BCUT2D eigenvalue weighted by atomic mass is 32.1. The first-order valence-corrected chi connectivity index (χ1v) is 30.7. The number of Topliss-reactive ketones (excluding diaryl/α,β-unsaturated/α-hetero) is 2. The number of nitrogens with zero attached hydrogens (tertiary/aromatic N) is 4. The predicted octanol–water partition coefficient (Wildman–Crippen LogP) is 5.75. The number of aryl methyl sites for hydroxylation is 1. The summed E-state index contributed by atoms with van der Waals surface area (Å²) in [6.45, 7) is 16.6. The summed E-state index contributed by atoms with van der Waals surface area (Å²) in [7, 11) is 5.35. The van der Waals surface area contributed by atoms with E-state index in [9.17, 15) is 57.8 Å². The van der Waals surface area contributed by atoms with Crippen LogP contribution in [0.3, 0.4) is 0 Å². The number of carbonyl (C=O) groups is 11. The Morgan fingerprint density at radius 3 is 2.14 bits per heavy atom. The molecule has 0 radical (unpaired) electrons. The van der Waals surface area contributed by atoms with Gasteiger partial charge in [-0.15, -0.1) is 11.3 Å². The molecular weight excluding hydrogens is 1130 g/mol. The number of nitrogens with one attached hydrogen (secondary N) is 4. The van der Waals surface area contributed by atoms with Crippen molar-refractivity contribution in [1.29, 1.82) is 0 Å². The maximum atomic E-state index is 14.4. The second kappa shape index (κ2) is 36.4. The molecule has 86 heavy (non-hydrogen) atoms. The fourth-order valence-corrected chi connectivity index (χ4v) is 10.6. The summed E-state index contributed by atoms with van der Waals surface area (Å²) in [6.07, 6.45) is 3.82. The average Bonchev–Trinajstić information content (AvgIpc) is 2.38. The number of ether oxygens (including phenoxy) is 2. The standard InChI is InChI=1S/C62H94N8O15S/c1-13-39(4)47(35-52(74)62(8,9)68(10)11)60(81)69(12)50(38(2)3)36-51(85-42(7)72)59-67-49(37-86-59)58(80)65-45(31-41(6)61(82)83)32-43-20-19-40(5)48(33-43)66-54(76)18-16-26-64-57(79)44(17-14-15-25-63-53(75)24-29-84-30-28-71)34-46(73)23-27-70-55(77)21-22-56(70)78/h19-22,33,37-39,41,44-45,47,50-51,71H,13-18,23-32,34-36H2,1-12H3,(H,63,75)(H,64,79)(H,65,80)(H,66,76)(H,82,83)/t39?,41?,44?,45-,47+,50-,51-/m1/s1. The first kappa shape index (κ1) is 73.5. The zero-order valence-electron chi connectivity index (χ0n) is 52.4. The van der Waals surface area contributed by atoms with Gasteiger partial charge in [-0.25, -0.2) is 4.98 Å². The Morgan fingerprint density at radius 1 is 0.849 bits per heavy atom. The molecule has 2 heterocycles. The molecule has 0 aliphatic carbocycles. The summed E-state index contributed by atoms with van der Waals surface area (Å²) in [5.74, 6) is -7.27. The van der Waals surface area contributed by atoms with E-state index in [0.717, 1.165) is 34.0 Å². The quantitative estimate of drug-likeness (QED) is 0.0262. The van der Waals surface area contributed by atoms with Crippen molar-refractivity contribution in [3.63, 3.8) is 0 Å². The molecule has 0 spiro atoms. The molecule has 24 heteroatoms. The summed E-state index contributed by atoms with van der Waals surface area (Å²) < 4.78 is 11.0. The Bertz CT molecular complexity index is 2670. The number of imide groups is 1. The minimum Gasteiger partial charge on any atom is -0.481 e. The van der Waals surface area contributed by atoms with Crippen molar-refractivity contribution in [2.45, 2.75) is 170 Å². The zero-order valence-corrected chi connectivity index (χ0v) is 53.2. The van der Waals surface area contributed by atoms with E-state index >= 15 is 0 Å². The summed E-state index contributed by atoms with van der Waals surface area (Å²) in [5, 5.41) is 32.1. The van der Waals surface area contributed by atoms with Crippen molar-refractivity contribution in [2.75, 3.05) is 65.9 Å². The number of rotatable bonds is 41. The van der Waals surface area contributed by atoms with Crippen LogP contribution < -0.4 is 21.3 Å². The molecule has 7 atom stereocenters. The second-order valence-corrected chi connectivity index (χ2v) is 24.4. The Balaban J connectivity index is 1.70. The molecule has 3 rings (SSSR count). The SMILES string of the molecule is CCC(C)[C@H](CC(=O)C(C)(C)N(C)C)C(=O)N(C)[C@H](C[C@@H](OC(C)=O)c1nc(C(=O)N[C@@H](Cc2ccc(C)c(NC(=O)CCCNC(=O)C(CCCCNC(=O)CCOCCO)CC(=O)CCN3C(=O)C=CC3=O)c2)CC(C)C(=O)O)cs1)C(C)C. The van der Waals surface area contributed by atoms with Crippen LogP contribution >= 0.6 is 11.3 Å². The number of carbonyl (C=O) groups excluding carboxylic acids is 10. The number of aromatic nitrogens is 1. The van der Waals surface area contributed by atoms with E-state index in [-0.39, 0.29) is 138 Å². The highest BCUT2D eigenvalue weighted by Gasteiger charge is 2.39. The minimum atomic E-state index is -1.07. The Hall–Kier alpha value is -6.76. The molecule has 0 saturated heterocycles. The molecule has 1 aromatic carbocycles. The van der Waals surface area contributed by atoms with Crippen LogP contribution in [0.2, 0.25) is 0 Å². The fourth-order valence-electron chi connectivity index (χ4n) is 9.74. The van der Waals surface area contributed by atoms with Gasteiger partial charge in [-0.2, -0.15) is 0 Å². The van der Waals surface area contributed by atoms with E-state index in [2.05, 4.69) is 26.3 Å². The highest BCUT2D eigenvalue weighted by Crippen LogP contribution is 2.33. The van der Waals surface area contributed by atoms with Crippen LogP contribution in [0, 0.1) is 36.5 Å². The number of aliphatic hydroxyl groups excluding tert-OH is 1. The van der Waals surface area contributed by atoms with E-state index < -0.39 is 77.0 Å². The van der Waals surface area contributed by atoms with Gasteiger partial charge in [-0.3, -0.25) is 62.5 Å². The number of unbranched alkanes of at least 4 members (excludes halogenated alkanes) is 1. The third kappa shape index (κ3) is 24.2. The number of ketones is 2. The topological polar surface area (TPSA) is 317 Å².